The Kier molecular flexibility index (Phi) is 72.8. The van der Waals surface area contributed by atoms with Crippen LogP contribution in [-0.4, -0.2) is 47.4 Å². The number of ether oxygens (including phenoxy) is 1. The van der Waals surface area contributed by atoms with Crippen molar-refractivity contribution in [3.63, 3.8) is 0 Å². The molecule has 1 amide bonds. The number of aliphatic hydroxyl groups excluding tert-OH is 2. The van der Waals surface area contributed by atoms with Gasteiger partial charge >= 0.3 is 5.97 Å². The first kappa shape index (κ1) is 82.6. The number of nitrogens with one attached hydrogen (secondary N) is 1. The van der Waals surface area contributed by atoms with Crippen LogP contribution >= 0.6 is 0 Å². The summed E-state index contributed by atoms with van der Waals surface area (Å²) in [6.07, 6.45) is 93.1. The Bertz CT molecular complexity index is 1270. The van der Waals surface area contributed by atoms with E-state index in [2.05, 4.69) is 31.3 Å². The van der Waals surface area contributed by atoms with E-state index in [1.54, 1.807) is 0 Å². The molecule has 2 atom stereocenters. The van der Waals surface area contributed by atoms with Crippen LogP contribution in [0.1, 0.15) is 450 Å². The summed E-state index contributed by atoms with van der Waals surface area (Å²) >= 11 is 0. The number of esters is 1. The van der Waals surface area contributed by atoms with Crippen LogP contribution in [0.4, 0.5) is 0 Å². The molecule has 6 heteroatoms. The van der Waals surface area contributed by atoms with Crippen molar-refractivity contribution in [1.82, 2.24) is 5.32 Å². The average Bonchev–Trinajstić information content (AvgIpc) is 3.51. The molecule has 0 saturated carbocycles. The number of rotatable bonds is 74. The van der Waals surface area contributed by atoms with E-state index >= 15 is 0 Å². The fourth-order valence-electron chi connectivity index (χ4n) is 12.6. The molecule has 3 N–H and O–H groups in total. The van der Waals surface area contributed by atoms with Crippen molar-refractivity contribution in [2.24, 2.45) is 0 Å². The van der Waals surface area contributed by atoms with Crippen LogP contribution in [0.15, 0.2) is 12.2 Å². The second-order valence-electron chi connectivity index (χ2n) is 27.0. The van der Waals surface area contributed by atoms with Gasteiger partial charge in [-0.1, -0.05) is 398 Å². The van der Waals surface area contributed by atoms with E-state index < -0.39 is 12.1 Å². The molecule has 84 heavy (non-hydrogen) atoms. The summed E-state index contributed by atoms with van der Waals surface area (Å²) in [7, 11) is 0. The molecule has 6 nitrogen and oxygen atoms in total. The third kappa shape index (κ3) is 69.7. The van der Waals surface area contributed by atoms with E-state index in [1.165, 1.54) is 379 Å². The molecule has 0 aliphatic heterocycles. The molecule has 0 aromatic rings. The van der Waals surface area contributed by atoms with Crippen LogP contribution in [0.3, 0.4) is 0 Å². The molecule has 0 spiro atoms. The van der Waals surface area contributed by atoms with Crippen molar-refractivity contribution in [3.8, 4) is 0 Å². The summed E-state index contributed by atoms with van der Waals surface area (Å²) in [5, 5.41) is 23.4. The topological polar surface area (TPSA) is 95.9 Å². The van der Waals surface area contributed by atoms with E-state index in [0.717, 1.165) is 38.5 Å². The third-order valence-corrected chi connectivity index (χ3v) is 18.6. The van der Waals surface area contributed by atoms with Crippen molar-refractivity contribution < 1.29 is 24.5 Å². The zero-order valence-electron chi connectivity index (χ0n) is 57.4. The molecule has 0 heterocycles. The summed E-state index contributed by atoms with van der Waals surface area (Å²) in [5.74, 6) is -0.00241. The zero-order chi connectivity index (χ0) is 60.6. The monoisotopic (exact) mass is 1180 g/mol. The molecule has 0 saturated heterocycles. The SMILES string of the molecule is CCCCCCCCCCCCCCCCCCCC(O)C(CO)NC(=O)CCCCCCCCCCCCCCCCCCC/C=C\CCCCCCCCCCCCCCCCCCOC(=O)CCCCCCCCCCCCCCC. The maximum absolute atomic E-state index is 12.5. The largest absolute Gasteiger partial charge is 0.466 e. The number of hydrogen-bond acceptors (Lipinski definition) is 5. The van der Waals surface area contributed by atoms with E-state index in [4.69, 9.17) is 4.74 Å². The second kappa shape index (κ2) is 74.1. The summed E-state index contributed by atoms with van der Waals surface area (Å²) < 4.78 is 5.50. The number of hydrogen-bond donors (Lipinski definition) is 3. The highest BCUT2D eigenvalue weighted by Crippen LogP contribution is 2.20. The minimum atomic E-state index is -0.661. The Hall–Kier alpha value is -1.40. The number of aliphatic hydroxyl groups is 2. The van der Waals surface area contributed by atoms with E-state index in [-0.39, 0.29) is 18.5 Å². The highest BCUT2D eigenvalue weighted by Gasteiger charge is 2.20. The number of amides is 1. The maximum Gasteiger partial charge on any atom is 0.305 e. The Morgan fingerprint density at radius 3 is 0.845 bits per heavy atom. The third-order valence-electron chi connectivity index (χ3n) is 18.6. The van der Waals surface area contributed by atoms with E-state index in [0.29, 0.717) is 25.9 Å². The van der Waals surface area contributed by atoms with Crippen LogP contribution in [0.25, 0.3) is 0 Å². The number of carbonyl (C=O) groups is 2. The van der Waals surface area contributed by atoms with Crippen molar-refractivity contribution in [3.05, 3.63) is 12.2 Å². The Balaban J connectivity index is 3.32. The number of allylic oxidation sites excluding steroid dienone is 2. The summed E-state index contributed by atoms with van der Waals surface area (Å²) in [6, 6.07) is -0.538. The molecule has 0 bridgehead atoms. The Morgan fingerprint density at radius 1 is 0.321 bits per heavy atom. The molecular weight excluding hydrogens is 1030 g/mol. The van der Waals surface area contributed by atoms with Crippen molar-refractivity contribution in [1.29, 1.82) is 0 Å². The maximum atomic E-state index is 12.5. The molecule has 0 aliphatic carbocycles. The van der Waals surface area contributed by atoms with Crippen LogP contribution in [0, 0.1) is 0 Å². The zero-order valence-corrected chi connectivity index (χ0v) is 57.4. The first-order chi connectivity index (χ1) is 41.5. The lowest BCUT2D eigenvalue weighted by molar-refractivity contribution is -0.143. The standard InChI is InChI=1S/C78H153NO5/c1-3-5-7-9-11-13-15-17-18-40-43-47-50-54-58-62-66-70-76(81)75(74-80)79-77(82)71-67-63-59-55-51-48-44-41-38-36-34-32-30-28-26-24-22-20-19-21-23-25-27-29-31-33-35-37-39-42-45-49-53-57-61-65-69-73-84-78(83)72-68-64-60-56-52-46-16-14-12-10-8-6-4-2/h19,21,75-76,80-81H,3-18,20,22-74H2,1-2H3,(H,79,82)/b21-19-. The van der Waals surface area contributed by atoms with E-state index in [1.807, 2.05) is 0 Å². The van der Waals surface area contributed by atoms with E-state index in [9.17, 15) is 19.8 Å². The van der Waals surface area contributed by atoms with Gasteiger partial charge in [0.15, 0.2) is 0 Å². The first-order valence-corrected chi connectivity index (χ1v) is 38.9. The Labute approximate surface area is 527 Å². The molecule has 0 radical (unpaired) electrons. The molecule has 0 aromatic heterocycles. The predicted octanol–water partition coefficient (Wildman–Crippen LogP) is 25.5. The highest BCUT2D eigenvalue weighted by atomic mass is 16.5. The molecule has 500 valence electrons. The van der Waals surface area contributed by atoms with Crippen LogP contribution in [0.5, 0.6) is 0 Å². The molecule has 2 unspecified atom stereocenters. The van der Waals surface area contributed by atoms with Gasteiger partial charge < -0.3 is 20.3 Å². The second-order valence-corrected chi connectivity index (χ2v) is 27.0. The molecule has 0 aromatic carbocycles. The van der Waals surface area contributed by atoms with Gasteiger partial charge in [0.05, 0.1) is 25.4 Å². The average molecular weight is 1190 g/mol. The van der Waals surface area contributed by atoms with Gasteiger partial charge in [-0.3, -0.25) is 9.59 Å². The van der Waals surface area contributed by atoms with Gasteiger partial charge in [-0.15, -0.1) is 0 Å². The Morgan fingerprint density at radius 2 is 0.560 bits per heavy atom. The number of carbonyl (C=O) groups excluding carboxylic acids is 2. The van der Waals surface area contributed by atoms with Gasteiger partial charge in [-0.25, -0.2) is 0 Å². The van der Waals surface area contributed by atoms with Gasteiger partial charge in [0.25, 0.3) is 0 Å². The minimum absolute atomic E-state index is 0.0240. The number of unbranched alkanes of at least 4 members (excludes halogenated alkanes) is 61. The predicted molar refractivity (Wildman–Crippen MR) is 370 cm³/mol. The van der Waals surface area contributed by atoms with Gasteiger partial charge in [0.1, 0.15) is 0 Å². The van der Waals surface area contributed by atoms with Gasteiger partial charge in [0, 0.05) is 12.8 Å². The normalized spacial score (nSPS) is 12.5. The molecular formula is C78H153NO5. The van der Waals surface area contributed by atoms with Gasteiger partial charge in [-0.2, -0.15) is 0 Å². The fraction of sp³-hybridized carbons (Fsp3) is 0.949. The van der Waals surface area contributed by atoms with Crippen LogP contribution in [-0.2, 0) is 14.3 Å². The smallest absolute Gasteiger partial charge is 0.305 e. The lowest BCUT2D eigenvalue weighted by Gasteiger charge is -2.22. The van der Waals surface area contributed by atoms with Crippen LogP contribution in [0.2, 0.25) is 0 Å². The van der Waals surface area contributed by atoms with Crippen LogP contribution < -0.4 is 5.32 Å². The van der Waals surface area contributed by atoms with Crippen molar-refractivity contribution in [2.45, 2.75) is 463 Å². The minimum Gasteiger partial charge on any atom is -0.466 e. The lowest BCUT2D eigenvalue weighted by atomic mass is 10.0. The van der Waals surface area contributed by atoms with Crippen molar-refractivity contribution >= 4 is 11.9 Å². The van der Waals surface area contributed by atoms with Crippen molar-refractivity contribution in [2.75, 3.05) is 13.2 Å². The molecule has 0 aliphatic rings. The first-order valence-electron chi connectivity index (χ1n) is 38.9. The highest BCUT2D eigenvalue weighted by molar-refractivity contribution is 5.76. The summed E-state index contributed by atoms with van der Waals surface area (Å²) in [4.78, 5) is 24.6. The lowest BCUT2D eigenvalue weighted by Crippen LogP contribution is -2.45. The fourth-order valence-corrected chi connectivity index (χ4v) is 12.6. The quantitative estimate of drug-likeness (QED) is 0.0320. The van der Waals surface area contributed by atoms with Gasteiger partial charge in [0.2, 0.25) is 5.91 Å². The molecule has 0 fully saturated rings. The summed E-state index contributed by atoms with van der Waals surface area (Å²) in [5.41, 5.74) is 0. The van der Waals surface area contributed by atoms with Gasteiger partial charge in [-0.05, 0) is 51.4 Å². The summed E-state index contributed by atoms with van der Waals surface area (Å²) in [6.45, 7) is 5.01. The molecule has 0 rings (SSSR count).